The Morgan fingerprint density at radius 1 is 0.357 bits per heavy atom. The number of aliphatic hydroxyl groups excluding tert-OH is 1. The second-order valence-corrected chi connectivity index (χ2v) is 8.81. The van der Waals surface area contributed by atoms with E-state index in [1.807, 2.05) is 0 Å². The first-order valence-corrected chi connectivity index (χ1v) is 13.0. The van der Waals surface area contributed by atoms with Crippen molar-refractivity contribution in [1.29, 1.82) is 0 Å². The normalized spacial score (nSPS) is 11.2. The molecule has 0 aromatic heterocycles. The van der Waals surface area contributed by atoms with E-state index in [-0.39, 0.29) is 0 Å². The third-order valence-electron chi connectivity index (χ3n) is 5.98. The SMILES string of the molecule is O=CCCCCCCCCCCCCCCCCCCCCCCCCCO. The zero-order valence-corrected chi connectivity index (χ0v) is 19.1. The number of carbonyl (C=O) groups is 1. The van der Waals surface area contributed by atoms with Crippen LogP contribution in [0.15, 0.2) is 0 Å². The molecule has 2 heteroatoms. The second-order valence-electron chi connectivity index (χ2n) is 8.81. The Hall–Kier alpha value is -0.370. The molecule has 0 atom stereocenters. The molecule has 28 heavy (non-hydrogen) atoms. The summed E-state index contributed by atoms with van der Waals surface area (Å²) in [7, 11) is 0. The van der Waals surface area contributed by atoms with E-state index in [1.54, 1.807) is 0 Å². The average molecular weight is 397 g/mol. The van der Waals surface area contributed by atoms with Crippen LogP contribution >= 0.6 is 0 Å². The fourth-order valence-corrected chi connectivity index (χ4v) is 4.05. The van der Waals surface area contributed by atoms with Crippen molar-refractivity contribution in [1.82, 2.24) is 0 Å². The van der Waals surface area contributed by atoms with Crippen LogP contribution in [0.25, 0.3) is 0 Å². The molecule has 0 heterocycles. The smallest absolute Gasteiger partial charge is 0.119 e. The predicted octanol–water partition coefficient (Wildman–Crippen LogP) is 8.54. The van der Waals surface area contributed by atoms with Crippen molar-refractivity contribution in [3.8, 4) is 0 Å². The van der Waals surface area contributed by atoms with Crippen LogP contribution in [-0.4, -0.2) is 18.0 Å². The number of unbranched alkanes of at least 4 members (excludes halogenated alkanes) is 23. The van der Waals surface area contributed by atoms with Crippen molar-refractivity contribution < 1.29 is 9.90 Å². The van der Waals surface area contributed by atoms with Gasteiger partial charge in [-0.2, -0.15) is 0 Å². The fourth-order valence-electron chi connectivity index (χ4n) is 4.05. The van der Waals surface area contributed by atoms with Gasteiger partial charge in [0.15, 0.2) is 0 Å². The molecule has 0 aromatic carbocycles. The van der Waals surface area contributed by atoms with Gasteiger partial charge in [-0.1, -0.05) is 135 Å². The number of aldehydes is 1. The maximum Gasteiger partial charge on any atom is 0.119 e. The summed E-state index contributed by atoms with van der Waals surface area (Å²) >= 11 is 0. The zero-order valence-electron chi connectivity index (χ0n) is 19.1. The van der Waals surface area contributed by atoms with Gasteiger partial charge in [-0.3, -0.25) is 0 Å². The summed E-state index contributed by atoms with van der Waals surface area (Å²) in [5.41, 5.74) is 0. The Kier molecular flexibility index (Phi) is 26.3. The van der Waals surface area contributed by atoms with Gasteiger partial charge in [0.2, 0.25) is 0 Å². The van der Waals surface area contributed by atoms with Crippen LogP contribution in [-0.2, 0) is 4.79 Å². The number of hydrogen-bond acceptors (Lipinski definition) is 2. The topological polar surface area (TPSA) is 37.3 Å². The van der Waals surface area contributed by atoms with Crippen LogP contribution in [0, 0.1) is 0 Å². The summed E-state index contributed by atoms with van der Waals surface area (Å²) in [5.74, 6) is 0. The molecule has 2 nitrogen and oxygen atoms in total. The molecule has 1 N–H and O–H groups in total. The quantitative estimate of drug-likeness (QED) is 0.124. The molecule has 0 aliphatic heterocycles. The molecule has 0 saturated heterocycles. The van der Waals surface area contributed by atoms with Crippen LogP contribution in [0.5, 0.6) is 0 Å². The average Bonchev–Trinajstić information content (AvgIpc) is 2.71. The van der Waals surface area contributed by atoms with E-state index >= 15 is 0 Å². The minimum atomic E-state index is 0.367. The molecule has 0 aliphatic carbocycles. The van der Waals surface area contributed by atoms with Gasteiger partial charge in [-0.25, -0.2) is 0 Å². The van der Waals surface area contributed by atoms with Gasteiger partial charge in [0.1, 0.15) is 6.29 Å². The van der Waals surface area contributed by atoms with E-state index in [0.29, 0.717) is 6.61 Å². The molecule has 0 fully saturated rings. The van der Waals surface area contributed by atoms with Crippen LogP contribution in [0.2, 0.25) is 0 Å². The number of aliphatic hydroxyl groups is 1. The van der Waals surface area contributed by atoms with E-state index < -0.39 is 0 Å². The molecule has 0 aromatic rings. The van der Waals surface area contributed by atoms with Crippen LogP contribution in [0.4, 0.5) is 0 Å². The molecule has 0 saturated carbocycles. The van der Waals surface area contributed by atoms with E-state index in [0.717, 1.165) is 25.5 Å². The van der Waals surface area contributed by atoms with Gasteiger partial charge >= 0.3 is 0 Å². The number of carbonyl (C=O) groups excluding carboxylic acids is 1. The first-order valence-electron chi connectivity index (χ1n) is 13.0. The first kappa shape index (κ1) is 27.6. The summed E-state index contributed by atoms with van der Waals surface area (Å²) < 4.78 is 0. The van der Waals surface area contributed by atoms with Crippen molar-refractivity contribution in [3.63, 3.8) is 0 Å². The highest BCUT2D eigenvalue weighted by Crippen LogP contribution is 2.15. The maximum atomic E-state index is 10.2. The molecule has 168 valence electrons. The van der Waals surface area contributed by atoms with Gasteiger partial charge < -0.3 is 9.90 Å². The van der Waals surface area contributed by atoms with Crippen molar-refractivity contribution in [2.24, 2.45) is 0 Å². The molecular weight excluding hydrogens is 344 g/mol. The summed E-state index contributed by atoms with van der Waals surface area (Å²) in [6.45, 7) is 0.367. The van der Waals surface area contributed by atoms with Gasteiger partial charge in [-0.05, 0) is 12.8 Å². The summed E-state index contributed by atoms with van der Waals surface area (Å²) in [4.78, 5) is 10.2. The lowest BCUT2D eigenvalue weighted by molar-refractivity contribution is -0.107. The third kappa shape index (κ3) is 25.6. The van der Waals surface area contributed by atoms with Gasteiger partial charge in [0.25, 0.3) is 0 Å². The predicted molar refractivity (Wildman–Crippen MR) is 124 cm³/mol. The highest BCUT2D eigenvalue weighted by molar-refractivity contribution is 5.48. The van der Waals surface area contributed by atoms with Crippen LogP contribution in [0.3, 0.4) is 0 Å². The standard InChI is InChI=1S/C26H52O2/c27-25-23-21-19-17-15-13-11-9-7-5-3-1-2-4-6-8-10-12-14-16-18-20-22-24-26-28/h25,28H,1-24,26H2. The molecule has 0 spiro atoms. The monoisotopic (exact) mass is 396 g/mol. The van der Waals surface area contributed by atoms with Crippen LogP contribution in [0.1, 0.15) is 154 Å². The number of rotatable bonds is 25. The second kappa shape index (κ2) is 26.6. The zero-order chi connectivity index (χ0) is 20.4. The Bertz CT molecular complexity index is 278. The molecular formula is C26H52O2. The van der Waals surface area contributed by atoms with Crippen molar-refractivity contribution in [3.05, 3.63) is 0 Å². The number of hydrogen-bond donors (Lipinski definition) is 1. The molecule has 0 aliphatic rings. The molecule has 0 radical (unpaired) electrons. The van der Waals surface area contributed by atoms with E-state index in [1.165, 1.54) is 135 Å². The lowest BCUT2D eigenvalue weighted by Gasteiger charge is -2.04. The first-order chi connectivity index (χ1) is 13.9. The van der Waals surface area contributed by atoms with Gasteiger partial charge in [0.05, 0.1) is 0 Å². The van der Waals surface area contributed by atoms with Crippen molar-refractivity contribution in [2.75, 3.05) is 6.61 Å². The van der Waals surface area contributed by atoms with Crippen molar-refractivity contribution >= 4 is 6.29 Å². The Morgan fingerprint density at radius 2 is 0.571 bits per heavy atom. The third-order valence-corrected chi connectivity index (χ3v) is 5.98. The van der Waals surface area contributed by atoms with Gasteiger partial charge in [-0.15, -0.1) is 0 Å². The van der Waals surface area contributed by atoms with E-state index in [2.05, 4.69) is 0 Å². The van der Waals surface area contributed by atoms with Crippen molar-refractivity contribution in [2.45, 2.75) is 154 Å². The highest BCUT2D eigenvalue weighted by Gasteiger charge is 1.96. The minimum absolute atomic E-state index is 0.367. The molecule has 0 amide bonds. The Balaban J connectivity index is 2.97. The summed E-state index contributed by atoms with van der Waals surface area (Å²) in [6, 6.07) is 0. The van der Waals surface area contributed by atoms with E-state index in [9.17, 15) is 4.79 Å². The minimum Gasteiger partial charge on any atom is -0.396 e. The lowest BCUT2D eigenvalue weighted by atomic mass is 10.0. The largest absolute Gasteiger partial charge is 0.396 e. The fraction of sp³-hybridized carbons (Fsp3) is 0.962. The molecule has 0 unspecified atom stereocenters. The Labute approximate surface area is 177 Å². The Morgan fingerprint density at radius 3 is 0.786 bits per heavy atom. The van der Waals surface area contributed by atoms with Crippen LogP contribution < -0.4 is 0 Å². The molecule has 0 rings (SSSR count). The summed E-state index contributed by atoms with van der Waals surface area (Å²) in [5, 5.41) is 8.74. The maximum absolute atomic E-state index is 10.2. The lowest BCUT2D eigenvalue weighted by Crippen LogP contribution is -1.85. The molecule has 0 bridgehead atoms. The van der Waals surface area contributed by atoms with Gasteiger partial charge in [0, 0.05) is 13.0 Å². The highest BCUT2D eigenvalue weighted by atomic mass is 16.2. The van der Waals surface area contributed by atoms with E-state index in [4.69, 9.17) is 5.11 Å². The summed E-state index contributed by atoms with van der Waals surface area (Å²) in [6.07, 6.45) is 33.2.